The first kappa shape index (κ1) is 14.7. The Labute approximate surface area is 136 Å². The Bertz CT molecular complexity index is 731. The molecule has 23 heavy (non-hydrogen) atoms. The van der Waals surface area contributed by atoms with Gasteiger partial charge in [0.15, 0.2) is 0 Å². The van der Waals surface area contributed by atoms with E-state index in [0.717, 1.165) is 48.5 Å². The van der Waals surface area contributed by atoms with E-state index in [1.54, 1.807) is 0 Å². The summed E-state index contributed by atoms with van der Waals surface area (Å²) in [6.45, 7) is 2.16. The maximum absolute atomic E-state index is 12.7. The highest BCUT2D eigenvalue weighted by Crippen LogP contribution is 2.29. The zero-order chi connectivity index (χ0) is 15.8. The van der Waals surface area contributed by atoms with Crippen LogP contribution in [0.4, 0.5) is 5.69 Å². The predicted octanol–water partition coefficient (Wildman–Crippen LogP) is 3.11. The number of aromatic nitrogens is 2. The summed E-state index contributed by atoms with van der Waals surface area (Å²) in [5.74, 6) is 1.41. The van der Waals surface area contributed by atoms with Crippen LogP contribution in [0, 0.1) is 5.92 Å². The fourth-order valence-corrected chi connectivity index (χ4v) is 3.81. The van der Waals surface area contributed by atoms with Gasteiger partial charge >= 0.3 is 0 Å². The first-order valence-corrected chi connectivity index (χ1v) is 8.58. The van der Waals surface area contributed by atoms with Gasteiger partial charge in [0.2, 0.25) is 5.91 Å². The van der Waals surface area contributed by atoms with Crippen molar-refractivity contribution in [2.24, 2.45) is 5.92 Å². The number of carbonyl (C=O) groups excluding carboxylic acids is 1. The number of carbonyl (C=O) groups is 1. The molecule has 0 atom stereocenters. The molecule has 4 rings (SSSR count). The molecule has 1 fully saturated rings. The molecule has 2 aliphatic rings. The summed E-state index contributed by atoms with van der Waals surface area (Å²) in [4.78, 5) is 19.2. The number of nitrogens with zero attached hydrogens (tertiary/aromatic N) is 3. The molecule has 2 heterocycles. The van der Waals surface area contributed by atoms with Crippen LogP contribution >= 0.6 is 0 Å². The van der Waals surface area contributed by atoms with E-state index >= 15 is 0 Å². The largest absolute Gasteiger partial charge is 0.372 e. The van der Waals surface area contributed by atoms with E-state index in [0.29, 0.717) is 6.61 Å². The Hall–Kier alpha value is -1.88. The van der Waals surface area contributed by atoms with Gasteiger partial charge in [0.25, 0.3) is 0 Å². The molecule has 5 heteroatoms. The third-order valence-electron chi connectivity index (χ3n) is 5.17. The normalized spacial score (nSPS) is 18.8. The zero-order valence-electron chi connectivity index (χ0n) is 13.6. The van der Waals surface area contributed by atoms with E-state index in [1.165, 1.54) is 19.3 Å². The quantitative estimate of drug-likeness (QED) is 0.856. The molecule has 2 aromatic rings. The van der Waals surface area contributed by atoms with Crippen LogP contribution in [0.25, 0.3) is 11.0 Å². The van der Waals surface area contributed by atoms with Crippen molar-refractivity contribution in [3.63, 3.8) is 0 Å². The van der Waals surface area contributed by atoms with Gasteiger partial charge in [0.1, 0.15) is 12.4 Å². The van der Waals surface area contributed by atoms with E-state index < -0.39 is 0 Å². The van der Waals surface area contributed by atoms with Gasteiger partial charge in [-0.25, -0.2) is 4.98 Å². The Balaban J connectivity index is 1.62. The van der Waals surface area contributed by atoms with Gasteiger partial charge in [-0.3, -0.25) is 4.79 Å². The van der Waals surface area contributed by atoms with Crippen LogP contribution < -0.4 is 4.90 Å². The third-order valence-corrected chi connectivity index (χ3v) is 5.17. The Kier molecular flexibility index (Phi) is 3.81. The number of amides is 1. The standard InChI is InChI=1S/C18H23N3O2/c1-20(18(22)13-5-3-2-4-6-13)14-7-8-16-15(11-14)19-17-12-23-10-9-21(16)17/h7-8,11,13H,2-6,9-10,12H2,1H3. The molecule has 1 aliphatic carbocycles. The first-order valence-electron chi connectivity index (χ1n) is 8.58. The minimum atomic E-state index is 0.188. The Morgan fingerprint density at radius 1 is 1.30 bits per heavy atom. The average molecular weight is 313 g/mol. The molecule has 1 amide bonds. The molecule has 1 saturated carbocycles. The highest BCUT2D eigenvalue weighted by molar-refractivity contribution is 5.96. The lowest BCUT2D eigenvalue weighted by Crippen LogP contribution is -2.33. The molecule has 1 aromatic heterocycles. The highest BCUT2D eigenvalue weighted by Gasteiger charge is 2.25. The van der Waals surface area contributed by atoms with Gasteiger partial charge in [0, 0.05) is 25.2 Å². The fraction of sp³-hybridized carbons (Fsp3) is 0.556. The van der Waals surface area contributed by atoms with E-state index in [4.69, 9.17) is 4.74 Å². The van der Waals surface area contributed by atoms with Crippen molar-refractivity contribution in [3.8, 4) is 0 Å². The van der Waals surface area contributed by atoms with Crippen LogP contribution in [-0.4, -0.2) is 29.1 Å². The molecular weight excluding hydrogens is 290 g/mol. The molecule has 0 radical (unpaired) electrons. The topological polar surface area (TPSA) is 47.4 Å². The van der Waals surface area contributed by atoms with Gasteiger partial charge < -0.3 is 14.2 Å². The van der Waals surface area contributed by atoms with Gasteiger partial charge in [0.05, 0.1) is 17.6 Å². The van der Waals surface area contributed by atoms with Crippen molar-refractivity contribution in [1.82, 2.24) is 9.55 Å². The van der Waals surface area contributed by atoms with Crippen molar-refractivity contribution in [2.75, 3.05) is 18.6 Å². The minimum absolute atomic E-state index is 0.188. The van der Waals surface area contributed by atoms with Crippen molar-refractivity contribution < 1.29 is 9.53 Å². The molecule has 122 valence electrons. The second kappa shape index (κ2) is 5.96. The Morgan fingerprint density at radius 2 is 2.13 bits per heavy atom. The third kappa shape index (κ3) is 2.63. The van der Waals surface area contributed by atoms with Crippen LogP contribution in [0.15, 0.2) is 18.2 Å². The lowest BCUT2D eigenvalue weighted by molar-refractivity contribution is -0.123. The second-order valence-corrected chi connectivity index (χ2v) is 6.64. The van der Waals surface area contributed by atoms with Crippen molar-refractivity contribution in [1.29, 1.82) is 0 Å². The molecule has 0 saturated heterocycles. The van der Waals surface area contributed by atoms with E-state index in [2.05, 4.69) is 15.6 Å². The Morgan fingerprint density at radius 3 is 2.96 bits per heavy atom. The molecule has 0 N–H and O–H groups in total. The number of rotatable bonds is 2. The van der Waals surface area contributed by atoms with Gasteiger partial charge in [-0.2, -0.15) is 0 Å². The fourth-order valence-electron chi connectivity index (χ4n) is 3.81. The number of benzene rings is 1. The molecule has 1 aliphatic heterocycles. The van der Waals surface area contributed by atoms with Gasteiger partial charge in [-0.15, -0.1) is 0 Å². The smallest absolute Gasteiger partial charge is 0.229 e. The molecule has 1 aromatic carbocycles. The lowest BCUT2D eigenvalue weighted by atomic mass is 9.88. The van der Waals surface area contributed by atoms with Crippen LogP contribution in [-0.2, 0) is 22.7 Å². The van der Waals surface area contributed by atoms with Gasteiger partial charge in [-0.1, -0.05) is 19.3 Å². The number of imidazole rings is 1. The van der Waals surface area contributed by atoms with Crippen LogP contribution in [0.2, 0.25) is 0 Å². The van der Waals surface area contributed by atoms with Crippen LogP contribution in [0.1, 0.15) is 37.9 Å². The number of hydrogen-bond donors (Lipinski definition) is 0. The van der Waals surface area contributed by atoms with Crippen LogP contribution in [0.5, 0.6) is 0 Å². The summed E-state index contributed by atoms with van der Waals surface area (Å²) in [5, 5.41) is 0. The summed E-state index contributed by atoms with van der Waals surface area (Å²) in [6, 6.07) is 6.14. The second-order valence-electron chi connectivity index (χ2n) is 6.64. The maximum Gasteiger partial charge on any atom is 0.229 e. The summed E-state index contributed by atoms with van der Waals surface area (Å²) < 4.78 is 7.69. The zero-order valence-corrected chi connectivity index (χ0v) is 13.6. The SMILES string of the molecule is CN(C(=O)C1CCCCC1)c1ccc2c(c1)nc1n2CCOC1. The number of ether oxygens (including phenoxy) is 1. The summed E-state index contributed by atoms with van der Waals surface area (Å²) in [7, 11) is 1.89. The molecule has 0 unspecified atom stereocenters. The van der Waals surface area contributed by atoms with Crippen molar-refractivity contribution >= 4 is 22.6 Å². The molecule has 5 nitrogen and oxygen atoms in total. The lowest BCUT2D eigenvalue weighted by Gasteiger charge is -2.26. The predicted molar refractivity (Wildman–Crippen MR) is 89.4 cm³/mol. The number of fused-ring (bicyclic) bond motifs is 3. The van der Waals surface area contributed by atoms with Crippen molar-refractivity contribution in [2.45, 2.75) is 45.3 Å². The van der Waals surface area contributed by atoms with E-state index in [9.17, 15) is 4.79 Å². The van der Waals surface area contributed by atoms with E-state index in [-0.39, 0.29) is 11.8 Å². The monoisotopic (exact) mass is 313 g/mol. The maximum atomic E-state index is 12.7. The van der Waals surface area contributed by atoms with E-state index in [1.807, 2.05) is 24.1 Å². The number of anilines is 1. The first-order chi connectivity index (χ1) is 11.2. The minimum Gasteiger partial charge on any atom is -0.372 e. The molecule has 0 bridgehead atoms. The molecule has 0 spiro atoms. The van der Waals surface area contributed by atoms with Gasteiger partial charge in [-0.05, 0) is 31.0 Å². The van der Waals surface area contributed by atoms with Crippen molar-refractivity contribution in [3.05, 3.63) is 24.0 Å². The summed E-state index contributed by atoms with van der Waals surface area (Å²) in [5.41, 5.74) is 3.02. The number of hydrogen-bond acceptors (Lipinski definition) is 3. The van der Waals surface area contributed by atoms with Crippen LogP contribution in [0.3, 0.4) is 0 Å². The summed E-state index contributed by atoms with van der Waals surface area (Å²) >= 11 is 0. The highest BCUT2D eigenvalue weighted by atomic mass is 16.5. The average Bonchev–Trinajstić information content (AvgIpc) is 2.99. The molecular formula is C18H23N3O2. The summed E-state index contributed by atoms with van der Waals surface area (Å²) in [6.07, 6.45) is 5.68.